The number of H-pyrrole nitrogens is 1. The van der Waals surface area contributed by atoms with Gasteiger partial charge in [0.25, 0.3) is 5.56 Å². The van der Waals surface area contributed by atoms with E-state index < -0.39 is 0 Å². The van der Waals surface area contributed by atoms with Crippen molar-refractivity contribution in [3.05, 3.63) is 22.2 Å². The predicted octanol–water partition coefficient (Wildman–Crippen LogP) is 1.29. The van der Waals surface area contributed by atoms with E-state index in [1.54, 1.807) is 6.92 Å². The molecule has 0 fully saturated rings. The monoisotopic (exact) mass is 239 g/mol. The molecule has 5 heteroatoms. The molecule has 0 aliphatic heterocycles. The normalized spacial score (nSPS) is 13.5. The number of aliphatic hydroxyl groups excluding tert-OH is 1. The molecule has 1 rings (SSSR count). The molecule has 0 aliphatic carbocycles. The van der Waals surface area contributed by atoms with Crippen LogP contribution in [0, 0.1) is 12.3 Å². The lowest BCUT2D eigenvalue weighted by Gasteiger charge is -2.31. The molecule has 0 saturated carbocycles. The van der Waals surface area contributed by atoms with E-state index >= 15 is 0 Å². The maximum absolute atomic E-state index is 11.3. The van der Waals surface area contributed by atoms with Crippen molar-refractivity contribution in [2.24, 2.45) is 5.41 Å². The van der Waals surface area contributed by atoms with E-state index in [-0.39, 0.29) is 23.6 Å². The summed E-state index contributed by atoms with van der Waals surface area (Å²) >= 11 is 0. The van der Waals surface area contributed by atoms with Crippen molar-refractivity contribution in [1.82, 2.24) is 9.97 Å². The smallest absolute Gasteiger partial charge is 0.252 e. The Balaban J connectivity index is 2.89. The molecule has 0 bridgehead atoms. The zero-order valence-corrected chi connectivity index (χ0v) is 10.9. The molecule has 0 aliphatic rings. The van der Waals surface area contributed by atoms with Crippen LogP contribution in [0.1, 0.15) is 33.0 Å². The second kappa shape index (κ2) is 5.31. The van der Waals surface area contributed by atoms with Crippen molar-refractivity contribution in [2.75, 3.05) is 11.9 Å². The summed E-state index contributed by atoms with van der Waals surface area (Å²) in [6.07, 6.45) is 0.622. The highest BCUT2D eigenvalue weighted by Crippen LogP contribution is 2.24. The maximum atomic E-state index is 11.3. The number of rotatable bonds is 4. The summed E-state index contributed by atoms with van der Waals surface area (Å²) < 4.78 is 0. The highest BCUT2D eigenvalue weighted by Gasteiger charge is 2.24. The quantitative estimate of drug-likeness (QED) is 0.739. The van der Waals surface area contributed by atoms with Crippen LogP contribution in [0.3, 0.4) is 0 Å². The van der Waals surface area contributed by atoms with Crippen molar-refractivity contribution < 1.29 is 5.11 Å². The van der Waals surface area contributed by atoms with Crippen LogP contribution in [-0.4, -0.2) is 27.7 Å². The van der Waals surface area contributed by atoms with E-state index in [0.717, 1.165) is 0 Å². The first-order valence-corrected chi connectivity index (χ1v) is 5.78. The van der Waals surface area contributed by atoms with Gasteiger partial charge >= 0.3 is 0 Å². The third kappa shape index (κ3) is 4.19. The van der Waals surface area contributed by atoms with Gasteiger partial charge in [-0.25, -0.2) is 4.98 Å². The zero-order valence-electron chi connectivity index (χ0n) is 10.9. The second-order valence-electron chi connectivity index (χ2n) is 5.29. The Kier molecular flexibility index (Phi) is 4.28. The molecular weight excluding hydrogens is 218 g/mol. The van der Waals surface area contributed by atoms with E-state index in [1.807, 2.05) is 0 Å². The first-order chi connectivity index (χ1) is 7.82. The van der Waals surface area contributed by atoms with Crippen molar-refractivity contribution >= 4 is 5.82 Å². The van der Waals surface area contributed by atoms with Gasteiger partial charge in [-0.1, -0.05) is 20.8 Å². The first-order valence-electron chi connectivity index (χ1n) is 5.78. The Bertz CT molecular complexity index is 420. The van der Waals surface area contributed by atoms with Gasteiger partial charge in [-0.2, -0.15) is 0 Å². The lowest BCUT2D eigenvalue weighted by molar-refractivity contribution is 0.235. The lowest BCUT2D eigenvalue weighted by Crippen LogP contribution is -2.35. The van der Waals surface area contributed by atoms with Crippen LogP contribution in [0.15, 0.2) is 10.9 Å². The molecule has 0 saturated heterocycles. The van der Waals surface area contributed by atoms with E-state index in [0.29, 0.717) is 18.1 Å². The minimum absolute atomic E-state index is 0.0130. The number of hydrogen-bond acceptors (Lipinski definition) is 4. The molecular formula is C12H21N3O2. The topological polar surface area (TPSA) is 78.0 Å². The number of anilines is 1. The number of aromatic amines is 1. The van der Waals surface area contributed by atoms with Crippen LogP contribution in [0.25, 0.3) is 0 Å². The number of aromatic nitrogens is 2. The van der Waals surface area contributed by atoms with Gasteiger partial charge in [-0.05, 0) is 18.8 Å². The van der Waals surface area contributed by atoms with Crippen LogP contribution in [0.5, 0.6) is 0 Å². The van der Waals surface area contributed by atoms with Crippen molar-refractivity contribution in [2.45, 2.75) is 40.2 Å². The fourth-order valence-corrected chi connectivity index (χ4v) is 1.68. The molecule has 0 radical (unpaired) electrons. The number of hydrogen-bond donors (Lipinski definition) is 3. The summed E-state index contributed by atoms with van der Waals surface area (Å²) in [6.45, 7) is 8.10. The fourth-order valence-electron chi connectivity index (χ4n) is 1.68. The number of nitrogens with one attached hydrogen (secondary N) is 2. The summed E-state index contributed by atoms with van der Waals surface area (Å²) in [5, 5.41) is 12.3. The first kappa shape index (κ1) is 13.7. The molecule has 1 atom stereocenters. The minimum atomic E-state index is -0.170. The molecule has 3 N–H and O–H groups in total. The van der Waals surface area contributed by atoms with Crippen LogP contribution in [0.2, 0.25) is 0 Å². The molecule has 0 amide bonds. The predicted molar refractivity (Wildman–Crippen MR) is 68.2 cm³/mol. The van der Waals surface area contributed by atoms with Crippen molar-refractivity contribution in [3.8, 4) is 0 Å². The van der Waals surface area contributed by atoms with Crippen LogP contribution >= 0.6 is 0 Å². The van der Waals surface area contributed by atoms with Crippen LogP contribution in [0.4, 0.5) is 5.82 Å². The van der Waals surface area contributed by atoms with Crippen LogP contribution in [-0.2, 0) is 0 Å². The van der Waals surface area contributed by atoms with Gasteiger partial charge in [0.2, 0.25) is 0 Å². The third-order valence-corrected chi connectivity index (χ3v) is 2.65. The lowest BCUT2D eigenvalue weighted by atomic mass is 9.85. The Morgan fingerprint density at radius 3 is 2.65 bits per heavy atom. The van der Waals surface area contributed by atoms with Gasteiger partial charge in [0, 0.05) is 18.7 Å². The summed E-state index contributed by atoms with van der Waals surface area (Å²) in [7, 11) is 0. The summed E-state index contributed by atoms with van der Waals surface area (Å²) in [6, 6.07) is 1.50. The minimum Gasteiger partial charge on any atom is -0.396 e. The third-order valence-electron chi connectivity index (χ3n) is 2.65. The van der Waals surface area contributed by atoms with Gasteiger partial charge in [0.15, 0.2) is 0 Å². The van der Waals surface area contributed by atoms with E-state index in [2.05, 4.69) is 36.1 Å². The second-order valence-corrected chi connectivity index (χ2v) is 5.29. The van der Waals surface area contributed by atoms with E-state index in [9.17, 15) is 4.79 Å². The number of aryl methyl sites for hydroxylation is 1. The van der Waals surface area contributed by atoms with Crippen molar-refractivity contribution in [3.63, 3.8) is 0 Å². The van der Waals surface area contributed by atoms with Gasteiger partial charge < -0.3 is 15.4 Å². The molecule has 0 aromatic carbocycles. The Labute approximate surface area is 101 Å². The number of nitrogens with zero attached hydrogens (tertiary/aromatic N) is 1. The summed E-state index contributed by atoms with van der Waals surface area (Å²) in [5.74, 6) is 1.14. The molecule has 5 nitrogen and oxygen atoms in total. The van der Waals surface area contributed by atoms with Crippen molar-refractivity contribution in [1.29, 1.82) is 0 Å². The zero-order chi connectivity index (χ0) is 13.1. The average molecular weight is 239 g/mol. The molecule has 0 spiro atoms. The largest absolute Gasteiger partial charge is 0.396 e. The Hall–Kier alpha value is -1.36. The molecule has 1 heterocycles. The molecule has 17 heavy (non-hydrogen) atoms. The highest BCUT2D eigenvalue weighted by atomic mass is 16.3. The Morgan fingerprint density at radius 2 is 2.18 bits per heavy atom. The standard InChI is InChI=1S/C12H21N3O2/c1-8-13-10(7-11(17)14-8)15-9(5-6-16)12(2,3)4/h7,9,16H,5-6H2,1-4H3,(H2,13,14,15,17). The maximum Gasteiger partial charge on any atom is 0.252 e. The molecule has 1 aromatic rings. The SMILES string of the molecule is Cc1nc(NC(CCO)C(C)(C)C)cc(=O)[nH]1. The summed E-state index contributed by atoms with van der Waals surface area (Å²) in [5.41, 5.74) is -0.183. The molecule has 96 valence electrons. The van der Waals surface area contributed by atoms with Gasteiger partial charge in [-0.15, -0.1) is 0 Å². The van der Waals surface area contributed by atoms with Gasteiger partial charge in [-0.3, -0.25) is 4.79 Å². The Morgan fingerprint density at radius 1 is 1.53 bits per heavy atom. The van der Waals surface area contributed by atoms with Gasteiger partial charge in [0.05, 0.1) is 0 Å². The highest BCUT2D eigenvalue weighted by molar-refractivity contribution is 5.34. The fraction of sp³-hybridized carbons (Fsp3) is 0.667. The average Bonchev–Trinajstić information content (AvgIpc) is 2.13. The van der Waals surface area contributed by atoms with Gasteiger partial charge in [0.1, 0.15) is 11.6 Å². The van der Waals surface area contributed by atoms with E-state index in [1.165, 1.54) is 6.07 Å². The number of aliphatic hydroxyl groups is 1. The summed E-state index contributed by atoms with van der Waals surface area (Å²) in [4.78, 5) is 18.1. The van der Waals surface area contributed by atoms with Crippen LogP contribution < -0.4 is 10.9 Å². The van der Waals surface area contributed by atoms with E-state index in [4.69, 9.17) is 5.11 Å². The molecule has 1 unspecified atom stereocenters. The molecule has 1 aromatic heterocycles.